The van der Waals surface area contributed by atoms with Gasteiger partial charge in [0.25, 0.3) is 5.91 Å². The molecule has 0 unspecified atom stereocenters. The first-order valence-corrected chi connectivity index (χ1v) is 10.7. The lowest BCUT2D eigenvalue weighted by atomic mass is 9.78. The molecule has 1 amide bonds. The molecular formula is C27H31NO4. The molecule has 0 atom stereocenters. The van der Waals surface area contributed by atoms with Crippen LogP contribution in [0.25, 0.3) is 0 Å². The van der Waals surface area contributed by atoms with Crippen LogP contribution in [0.4, 0.5) is 0 Å². The average Bonchev–Trinajstić information content (AvgIpc) is 2.83. The molecule has 0 saturated carbocycles. The van der Waals surface area contributed by atoms with Crippen molar-refractivity contribution in [2.75, 3.05) is 27.4 Å². The number of amides is 1. The number of carbonyl (C=O) groups is 1. The van der Waals surface area contributed by atoms with Crippen molar-refractivity contribution in [2.24, 2.45) is 0 Å². The number of hydrogen-bond acceptors (Lipinski definition) is 4. The van der Waals surface area contributed by atoms with Gasteiger partial charge in [-0.2, -0.15) is 0 Å². The molecule has 0 spiro atoms. The van der Waals surface area contributed by atoms with Crippen LogP contribution in [-0.2, 0) is 16.6 Å². The Morgan fingerprint density at radius 1 is 0.844 bits per heavy atom. The summed E-state index contributed by atoms with van der Waals surface area (Å²) in [7, 11) is 3.21. The quantitative estimate of drug-likeness (QED) is 0.501. The van der Waals surface area contributed by atoms with Crippen LogP contribution in [0.3, 0.4) is 0 Å². The number of carbonyl (C=O) groups excluding carboxylic acids is 1. The predicted octanol–water partition coefficient (Wildman–Crippen LogP) is 4.77. The van der Waals surface area contributed by atoms with Crippen molar-refractivity contribution in [1.82, 2.24) is 5.32 Å². The maximum Gasteiger partial charge on any atom is 0.257 e. The van der Waals surface area contributed by atoms with E-state index in [0.29, 0.717) is 30.2 Å². The number of nitrogens with one attached hydrogen (secondary N) is 1. The van der Waals surface area contributed by atoms with Crippen molar-refractivity contribution in [3.05, 3.63) is 89.5 Å². The van der Waals surface area contributed by atoms with Crippen molar-refractivity contribution >= 4 is 5.91 Å². The van der Waals surface area contributed by atoms with Crippen LogP contribution in [-0.4, -0.2) is 33.3 Å². The highest BCUT2D eigenvalue weighted by Gasteiger charge is 2.22. The van der Waals surface area contributed by atoms with Gasteiger partial charge in [0.1, 0.15) is 5.75 Å². The summed E-state index contributed by atoms with van der Waals surface area (Å²) in [6, 6.07) is 24.1. The smallest absolute Gasteiger partial charge is 0.257 e. The van der Waals surface area contributed by atoms with Crippen molar-refractivity contribution in [1.29, 1.82) is 0 Å². The second-order valence-corrected chi connectivity index (χ2v) is 8.09. The fraction of sp³-hybridized carbons (Fsp3) is 0.296. The van der Waals surface area contributed by atoms with Gasteiger partial charge in [0.2, 0.25) is 0 Å². The zero-order valence-electron chi connectivity index (χ0n) is 19.2. The van der Waals surface area contributed by atoms with Crippen LogP contribution in [0.1, 0.15) is 30.5 Å². The van der Waals surface area contributed by atoms with E-state index in [1.807, 2.05) is 36.4 Å². The van der Waals surface area contributed by atoms with E-state index in [2.05, 4.69) is 55.6 Å². The molecule has 168 valence electrons. The van der Waals surface area contributed by atoms with Gasteiger partial charge in [-0.05, 0) is 47.4 Å². The van der Waals surface area contributed by atoms with Crippen molar-refractivity contribution < 1.29 is 19.0 Å². The number of rotatable bonds is 10. The molecule has 1 N–H and O–H groups in total. The molecule has 0 aromatic heterocycles. The largest absolute Gasteiger partial charge is 0.493 e. The van der Waals surface area contributed by atoms with Gasteiger partial charge in [0, 0.05) is 12.0 Å². The summed E-state index contributed by atoms with van der Waals surface area (Å²) >= 11 is 0. The number of ether oxygens (including phenoxy) is 3. The van der Waals surface area contributed by atoms with Crippen LogP contribution in [0.2, 0.25) is 0 Å². The topological polar surface area (TPSA) is 56.8 Å². The highest BCUT2D eigenvalue weighted by Crippen LogP contribution is 2.32. The van der Waals surface area contributed by atoms with E-state index < -0.39 is 0 Å². The van der Waals surface area contributed by atoms with E-state index in [0.717, 1.165) is 5.56 Å². The Morgan fingerprint density at radius 3 is 2.16 bits per heavy atom. The molecule has 0 bridgehead atoms. The maximum absolute atomic E-state index is 12.2. The normalized spacial score (nSPS) is 11.0. The summed E-state index contributed by atoms with van der Waals surface area (Å²) in [5.74, 6) is 1.89. The molecule has 0 aliphatic rings. The van der Waals surface area contributed by atoms with E-state index in [4.69, 9.17) is 14.2 Å². The minimum atomic E-state index is -0.154. The van der Waals surface area contributed by atoms with Crippen LogP contribution in [0.5, 0.6) is 17.2 Å². The Morgan fingerprint density at radius 2 is 1.50 bits per heavy atom. The van der Waals surface area contributed by atoms with Gasteiger partial charge in [0.15, 0.2) is 18.1 Å². The molecule has 0 radical (unpaired) electrons. The van der Waals surface area contributed by atoms with Crippen LogP contribution >= 0.6 is 0 Å². The maximum atomic E-state index is 12.2. The van der Waals surface area contributed by atoms with Crippen LogP contribution < -0.4 is 19.5 Å². The molecule has 3 aromatic carbocycles. The molecule has 5 nitrogen and oxygen atoms in total. The summed E-state index contributed by atoms with van der Waals surface area (Å²) in [4.78, 5) is 12.2. The van der Waals surface area contributed by atoms with Gasteiger partial charge in [-0.3, -0.25) is 4.79 Å². The summed E-state index contributed by atoms with van der Waals surface area (Å²) in [5, 5.41) is 2.89. The first-order valence-electron chi connectivity index (χ1n) is 10.7. The van der Waals surface area contributed by atoms with Gasteiger partial charge < -0.3 is 19.5 Å². The lowest BCUT2D eigenvalue weighted by Crippen LogP contribution is -2.30. The van der Waals surface area contributed by atoms with E-state index >= 15 is 0 Å². The molecule has 3 aromatic rings. The SMILES string of the molecule is COc1ccc(CCNC(=O)COc2ccc(C(C)(C)c3ccccc3)cc2)cc1OC. The van der Waals surface area contributed by atoms with Crippen LogP contribution in [0, 0.1) is 0 Å². The van der Waals surface area contributed by atoms with Crippen LogP contribution in [0.15, 0.2) is 72.8 Å². The Hall–Kier alpha value is -3.47. The Labute approximate surface area is 190 Å². The van der Waals surface area contributed by atoms with E-state index in [1.165, 1.54) is 11.1 Å². The second-order valence-electron chi connectivity index (χ2n) is 8.09. The summed E-state index contributed by atoms with van der Waals surface area (Å²) in [5.41, 5.74) is 3.39. The van der Waals surface area contributed by atoms with Gasteiger partial charge in [-0.1, -0.05) is 62.4 Å². The molecule has 32 heavy (non-hydrogen) atoms. The van der Waals surface area contributed by atoms with Gasteiger partial charge in [0.05, 0.1) is 14.2 Å². The minimum Gasteiger partial charge on any atom is -0.493 e. The third kappa shape index (κ3) is 5.82. The fourth-order valence-corrected chi connectivity index (χ4v) is 3.57. The zero-order valence-corrected chi connectivity index (χ0v) is 19.2. The van der Waals surface area contributed by atoms with Gasteiger partial charge >= 0.3 is 0 Å². The molecule has 5 heteroatoms. The molecule has 0 fully saturated rings. The predicted molar refractivity (Wildman–Crippen MR) is 127 cm³/mol. The Bertz CT molecular complexity index is 1010. The lowest BCUT2D eigenvalue weighted by Gasteiger charge is -2.26. The third-order valence-corrected chi connectivity index (χ3v) is 5.63. The number of methoxy groups -OCH3 is 2. The second kappa shape index (κ2) is 10.7. The summed E-state index contributed by atoms with van der Waals surface area (Å²) in [6.45, 7) is 4.89. The molecule has 0 aliphatic carbocycles. The minimum absolute atomic E-state index is 0.0205. The molecule has 0 aliphatic heterocycles. The molecule has 3 rings (SSSR count). The van der Waals surface area contributed by atoms with Gasteiger partial charge in [-0.25, -0.2) is 0 Å². The zero-order chi connectivity index (χ0) is 23.0. The van der Waals surface area contributed by atoms with Gasteiger partial charge in [-0.15, -0.1) is 0 Å². The van der Waals surface area contributed by atoms with E-state index in [9.17, 15) is 4.79 Å². The average molecular weight is 434 g/mol. The highest BCUT2D eigenvalue weighted by atomic mass is 16.5. The van der Waals surface area contributed by atoms with E-state index in [1.54, 1.807) is 14.2 Å². The standard InChI is InChI=1S/C27H31NO4/c1-27(2,21-8-6-5-7-9-21)22-11-13-23(14-12-22)32-19-26(29)28-17-16-20-10-15-24(30-3)25(18-20)31-4/h5-15,18H,16-17,19H2,1-4H3,(H,28,29). The Kier molecular flexibility index (Phi) is 7.77. The molecule has 0 heterocycles. The molecular weight excluding hydrogens is 402 g/mol. The first kappa shape index (κ1) is 23.2. The monoisotopic (exact) mass is 433 g/mol. The van der Waals surface area contributed by atoms with Crippen molar-refractivity contribution in [2.45, 2.75) is 25.7 Å². The summed E-state index contributed by atoms with van der Waals surface area (Å²) < 4.78 is 16.2. The number of benzene rings is 3. The lowest BCUT2D eigenvalue weighted by molar-refractivity contribution is -0.123. The Balaban J connectivity index is 1.47. The number of hydrogen-bond donors (Lipinski definition) is 1. The van der Waals surface area contributed by atoms with E-state index in [-0.39, 0.29) is 17.9 Å². The van der Waals surface area contributed by atoms with Crippen molar-refractivity contribution in [3.63, 3.8) is 0 Å². The summed E-state index contributed by atoms with van der Waals surface area (Å²) in [6.07, 6.45) is 0.690. The third-order valence-electron chi connectivity index (χ3n) is 5.63. The highest BCUT2D eigenvalue weighted by molar-refractivity contribution is 5.77. The van der Waals surface area contributed by atoms with Crippen molar-refractivity contribution in [3.8, 4) is 17.2 Å². The fourth-order valence-electron chi connectivity index (χ4n) is 3.57. The first-order chi connectivity index (χ1) is 15.4. The molecule has 0 saturated heterocycles.